The van der Waals surface area contributed by atoms with Crippen molar-refractivity contribution in [3.05, 3.63) is 47.9 Å². The van der Waals surface area contributed by atoms with Crippen molar-refractivity contribution in [3.63, 3.8) is 0 Å². The summed E-state index contributed by atoms with van der Waals surface area (Å²) >= 11 is 0. The molecule has 9 nitrogen and oxygen atoms in total. The first-order chi connectivity index (χ1) is 16.9. The number of amides is 1. The first kappa shape index (κ1) is 24.6. The van der Waals surface area contributed by atoms with Crippen LogP contribution < -0.4 is 26.8 Å². The number of primary amides is 1. The highest BCUT2D eigenvalue weighted by molar-refractivity contribution is 6.02. The van der Waals surface area contributed by atoms with Gasteiger partial charge < -0.3 is 31.6 Å². The molecule has 1 unspecified atom stereocenters. The van der Waals surface area contributed by atoms with Crippen molar-refractivity contribution in [2.24, 2.45) is 11.5 Å². The number of fused-ring (bicyclic) bond motifs is 1. The number of ether oxygens (including phenoxy) is 2. The Bertz CT molecular complexity index is 1210. The molecule has 10 heteroatoms. The minimum atomic E-state index is -0.801. The van der Waals surface area contributed by atoms with Gasteiger partial charge in [0.1, 0.15) is 11.9 Å². The van der Waals surface area contributed by atoms with Gasteiger partial charge in [-0.15, -0.1) is 0 Å². The number of carbonyl (C=O) groups is 1. The lowest BCUT2D eigenvalue weighted by atomic mass is 9.91. The quantitative estimate of drug-likeness (QED) is 0.362. The molecule has 1 aromatic carbocycles. The summed E-state index contributed by atoms with van der Waals surface area (Å²) in [4.78, 5) is 20.9. The molecule has 3 aromatic rings. The van der Waals surface area contributed by atoms with Crippen molar-refractivity contribution in [3.8, 4) is 5.88 Å². The average molecular weight is 483 g/mol. The minimum Gasteiger partial charge on any atom is -0.472 e. The molecule has 1 saturated carbocycles. The maximum atomic E-state index is 14.9. The maximum Gasteiger partial charge on any atom is 0.252 e. The number of anilines is 3. The van der Waals surface area contributed by atoms with Crippen LogP contribution in [0.25, 0.3) is 10.8 Å². The van der Waals surface area contributed by atoms with Gasteiger partial charge in [-0.25, -0.2) is 14.4 Å². The highest BCUT2D eigenvalue weighted by atomic mass is 19.1. The Labute approximate surface area is 203 Å². The third-order valence-electron chi connectivity index (χ3n) is 6.11. The Morgan fingerprint density at radius 3 is 2.69 bits per heavy atom. The van der Waals surface area contributed by atoms with Gasteiger partial charge in [0, 0.05) is 30.0 Å². The molecule has 4 rings (SSSR count). The molecular formula is C25H31FN6O3. The second-order valence-corrected chi connectivity index (χ2v) is 8.81. The van der Waals surface area contributed by atoms with E-state index in [1.54, 1.807) is 13.3 Å². The number of hydrogen-bond donors (Lipinski definition) is 4. The molecule has 6 N–H and O–H groups in total. The largest absolute Gasteiger partial charge is 0.472 e. The van der Waals surface area contributed by atoms with Gasteiger partial charge in [-0.1, -0.05) is 31.0 Å². The van der Waals surface area contributed by atoms with E-state index in [1.807, 2.05) is 31.2 Å². The van der Waals surface area contributed by atoms with E-state index in [0.29, 0.717) is 18.2 Å². The van der Waals surface area contributed by atoms with Crippen molar-refractivity contribution in [1.29, 1.82) is 0 Å². The van der Waals surface area contributed by atoms with Gasteiger partial charge >= 0.3 is 0 Å². The van der Waals surface area contributed by atoms with Crippen LogP contribution in [0.3, 0.4) is 0 Å². The number of methoxy groups -OCH3 is 1. The Balaban J connectivity index is 1.69. The topological polar surface area (TPSA) is 137 Å². The summed E-state index contributed by atoms with van der Waals surface area (Å²) in [6.45, 7) is 2.30. The van der Waals surface area contributed by atoms with Crippen LogP contribution in [0, 0.1) is 5.82 Å². The first-order valence-electron chi connectivity index (χ1n) is 11.7. The summed E-state index contributed by atoms with van der Waals surface area (Å²) < 4.78 is 25.9. The van der Waals surface area contributed by atoms with E-state index in [2.05, 4.69) is 20.6 Å². The number of halogens is 1. The van der Waals surface area contributed by atoms with Crippen LogP contribution in [0.1, 0.15) is 43.0 Å². The second-order valence-electron chi connectivity index (χ2n) is 8.81. The van der Waals surface area contributed by atoms with Crippen molar-refractivity contribution in [2.75, 3.05) is 24.4 Å². The molecular weight excluding hydrogens is 451 g/mol. The van der Waals surface area contributed by atoms with Crippen molar-refractivity contribution < 1.29 is 18.7 Å². The van der Waals surface area contributed by atoms with Crippen LogP contribution in [0.15, 0.2) is 36.5 Å². The number of nitrogens with two attached hydrogens (primary N) is 2. The zero-order chi connectivity index (χ0) is 24.9. The molecule has 2 aromatic heterocycles. The monoisotopic (exact) mass is 482 g/mol. The third-order valence-corrected chi connectivity index (χ3v) is 6.11. The number of nitrogens with one attached hydrogen (secondary N) is 2. The molecule has 0 spiro atoms. The Morgan fingerprint density at radius 2 is 1.97 bits per heavy atom. The molecule has 1 amide bonds. The van der Waals surface area contributed by atoms with Gasteiger partial charge in [-0.3, -0.25) is 4.79 Å². The molecule has 0 radical (unpaired) electrons. The predicted octanol–water partition coefficient (Wildman–Crippen LogP) is 3.71. The number of hydrogen-bond acceptors (Lipinski definition) is 8. The molecule has 0 bridgehead atoms. The number of pyridine rings is 2. The fourth-order valence-corrected chi connectivity index (χ4v) is 4.33. The van der Waals surface area contributed by atoms with Crippen LogP contribution in [0.2, 0.25) is 0 Å². The Hall–Kier alpha value is -3.50. The lowest BCUT2D eigenvalue weighted by Gasteiger charge is -2.30. The second kappa shape index (κ2) is 10.8. The number of aromatic nitrogens is 2. The summed E-state index contributed by atoms with van der Waals surface area (Å²) in [5, 5.41) is 7.79. The van der Waals surface area contributed by atoms with Gasteiger partial charge in [0.05, 0.1) is 24.1 Å². The van der Waals surface area contributed by atoms with E-state index in [0.717, 1.165) is 42.5 Å². The smallest absolute Gasteiger partial charge is 0.252 e. The van der Waals surface area contributed by atoms with Gasteiger partial charge in [0.15, 0.2) is 11.6 Å². The lowest BCUT2D eigenvalue weighted by molar-refractivity contribution is 0.0901. The SMILES string of the molecule is COCC(C)Oc1ncc(Nc2nc(N[C@@H]3CCCC[C@@H]3N)c(F)cc2C(N)=O)c2ccccc12. The van der Waals surface area contributed by atoms with E-state index < -0.39 is 11.7 Å². The molecule has 1 aliphatic rings. The van der Waals surface area contributed by atoms with Gasteiger partial charge in [-0.05, 0) is 31.9 Å². The van der Waals surface area contributed by atoms with Gasteiger partial charge in [-0.2, -0.15) is 0 Å². The summed E-state index contributed by atoms with van der Waals surface area (Å²) in [6.07, 6.45) is 5.12. The number of carbonyl (C=O) groups excluding carboxylic acids is 1. The van der Waals surface area contributed by atoms with Crippen molar-refractivity contribution >= 4 is 34.0 Å². The minimum absolute atomic E-state index is 0.0189. The van der Waals surface area contributed by atoms with Crippen LogP contribution in [0.5, 0.6) is 5.88 Å². The summed E-state index contributed by atoms with van der Waals surface area (Å²) in [5.74, 6) is -0.873. The van der Waals surface area contributed by atoms with E-state index >= 15 is 0 Å². The number of nitrogens with zero attached hydrogens (tertiary/aromatic N) is 2. The van der Waals surface area contributed by atoms with Crippen LogP contribution >= 0.6 is 0 Å². The molecule has 1 fully saturated rings. The number of rotatable bonds is 9. The summed E-state index contributed by atoms with van der Waals surface area (Å²) in [5.41, 5.74) is 12.2. The molecule has 186 valence electrons. The number of benzene rings is 1. The van der Waals surface area contributed by atoms with Crippen molar-refractivity contribution in [2.45, 2.75) is 50.8 Å². The molecule has 0 saturated heterocycles. The highest BCUT2D eigenvalue weighted by Crippen LogP contribution is 2.33. The normalized spacial score (nSPS) is 18.7. The maximum absolute atomic E-state index is 14.9. The molecule has 0 aliphatic heterocycles. The molecule has 2 heterocycles. The third kappa shape index (κ3) is 5.60. The molecule has 35 heavy (non-hydrogen) atoms. The van der Waals surface area contributed by atoms with Crippen LogP contribution in [0.4, 0.5) is 21.7 Å². The molecule has 1 aliphatic carbocycles. The van der Waals surface area contributed by atoms with E-state index in [9.17, 15) is 9.18 Å². The predicted molar refractivity (Wildman–Crippen MR) is 134 cm³/mol. The van der Waals surface area contributed by atoms with E-state index in [4.69, 9.17) is 20.9 Å². The fourth-order valence-electron chi connectivity index (χ4n) is 4.33. The summed E-state index contributed by atoms with van der Waals surface area (Å²) in [6, 6.07) is 8.41. The van der Waals surface area contributed by atoms with Crippen LogP contribution in [-0.2, 0) is 4.74 Å². The Morgan fingerprint density at radius 1 is 1.23 bits per heavy atom. The lowest BCUT2D eigenvalue weighted by Crippen LogP contribution is -2.43. The van der Waals surface area contributed by atoms with E-state index in [1.165, 1.54) is 0 Å². The van der Waals surface area contributed by atoms with E-state index in [-0.39, 0.29) is 35.4 Å². The van der Waals surface area contributed by atoms with Gasteiger partial charge in [0.25, 0.3) is 5.91 Å². The van der Waals surface area contributed by atoms with Crippen LogP contribution in [-0.4, -0.2) is 47.8 Å². The highest BCUT2D eigenvalue weighted by Gasteiger charge is 2.25. The standard InChI is InChI=1S/C25H31FN6O3/c1-14(13-34-2)35-25-16-8-4-3-7-15(16)21(12-29-25)31-23-17(22(28)33)11-18(26)24(32-23)30-20-10-6-5-9-19(20)27/h3-4,7-8,11-12,14,19-20H,5-6,9-10,13,27H2,1-2H3,(H2,28,33)(H2,30,31,32)/t14?,19-,20+/m0/s1. The average Bonchev–Trinajstić information content (AvgIpc) is 2.84. The zero-order valence-electron chi connectivity index (χ0n) is 19.9. The zero-order valence-corrected chi connectivity index (χ0v) is 19.9. The summed E-state index contributed by atoms with van der Waals surface area (Å²) in [7, 11) is 1.61. The van der Waals surface area contributed by atoms with Gasteiger partial charge in [0.2, 0.25) is 5.88 Å². The first-order valence-corrected chi connectivity index (χ1v) is 11.7. The fraction of sp³-hybridized carbons (Fsp3) is 0.400. The molecule has 3 atom stereocenters. The van der Waals surface area contributed by atoms with Crippen molar-refractivity contribution in [1.82, 2.24) is 9.97 Å². The Kier molecular flexibility index (Phi) is 7.62.